The standard InChI is InChI=1S/C14H14FN3O2/c15-8-1-2-10-11(6-13(19)17-12(10)5-8)14(20)18-4-3-9(16)7-18/h1-2,5-6,9H,3-4,7,16H2,(H,17,19)/t9-/m1/s1. The average Bonchev–Trinajstić information content (AvgIpc) is 2.83. The normalized spacial score (nSPS) is 18.7. The number of nitrogens with zero attached hydrogens (tertiary/aromatic N) is 1. The number of carbonyl (C=O) groups excluding carboxylic acids is 1. The lowest BCUT2D eigenvalue weighted by Gasteiger charge is -2.16. The van der Waals surface area contributed by atoms with Crippen molar-refractivity contribution in [2.75, 3.05) is 13.1 Å². The number of amides is 1. The van der Waals surface area contributed by atoms with Crippen molar-refractivity contribution in [3.8, 4) is 0 Å². The fourth-order valence-corrected chi connectivity index (χ4v) is 2.55. The van der Waals surface area contributed by atoms with Crippen LogP contribution in [0.3, 0.4) is 0 Å². The highest BCUT2D eigenvalue weighted by molar-refractivity contribution is 6.06. The van der Waals surface area contributed by atoms with E-state index in [1.807, 2.05) is 0 Å². The molecule has 0 unspecified atom stereocenters. The molecule has 0 spiro atoms. The van der Waals surface area contributed by atoms with Gasteiger partial charge in [0, 0.05) is 30.6 Å². The van der Waals surface area contributed by atoms with E-state index in [-0.39, 0.29) is 17.5 Å². The minimum atomic E-state index is -0.457. The van der Waals surface area contributed by atoms with Gasteiger partial charge in [0.15, 0.2) is 0 Å². The third-order valence-electron chi connectivity index (χ3n) is 3.55. The van der Waals surface area contributed by atoms with Gasteiger partial charge >= 0.3 is 0 Å². The summed E-state index contributed by atoms with van der Waals surface area (Å²) in [4.78, 5) is 28.3. The number of benzene rings is 1. The number of halogens is 1. The van der Waals surface area contributed by atoms with E-state index in [0.717, 1.165) is 6.42 Å². The van der Waals surface area contributed by atoms with Crippen molar-refractivity contribution in [3.05, 3.63) is 46.0 Å². The van der Waals surface area contributed by atoms with Gasteiger partial charge in [-0.05, 0) is 24.6 Å². The van der Waals surface area contributed by atoms with Gasteiger partial charge in [0.05, 0.1) is 11.1 Å². The molecule has 1 aromatic heterocycles. The first-order valence-corrected chi connectivity index (χ1v) is 6.42. The van der Waals surface area contributed by atoms with Gasteiger partial charge in [0.1, 0.15) is 5.82 Å². The number of hydrogen-bond acceptors (Lipinski definition) is 3. The third-order valence-corrected chi connectivity index (χ3v) is 3.55. The van der Waals surface area contributed by atoms with E-state index in [9.17, 15) is 14.0 Å². The number of aromatic amines is 1. The Hall–Kier alpha value is -2.21. The Kier molecular flexibility index (Phi) is 3.02. The van der Waals surface area contributed by atoms with Crippen LogP contribution in [-0.2, 0) is 0 Å². The summed E-state index contributed by atoms with van der Waals surface area (Å²) in [7, 11) is 0. The number of hydrogen-bond donors (Lipinski definition) is 2. The van der Waals surface area contributed by atoms with Crippen LogP contribution in [0.2, 0.25) is 0 Å². The highest BCUT2D eigenvalue weighted by Gasteiger charge is 2.26. The Labute approximate surface area is 114 Å². The predicted molar refractivity (Wildman–Crippen MR) is 73.0 cm³/mol. The van der Waals surface area contributed by atoms with E-state index in [1.165, 1.54) is 24.3 Å². The molecule has 2 aromatic rings. The molecule has 0 saturated carbocycles. The van der Waals surface area contributed by atoms with Crippen molar-refractivity contribution in [1.82, 2.24) is 9.88 Å². The second-order valence-corrected chi connectivity index (χ2v) is 5.04. The molecule has 20 heavy (non-hydrogen) atoms. The van der Waals surface area contributed by atoms with Crippen LogP contribution in [0.25, 0.3) is 10.9 Å². The molecule has 1 atom stereocenters. The summed E-state index contributed by atoms with van der Waals surface area (Å²) >= 11 is 0. The van der Waals surface area contributed by atoms with Gasteiger partial charge in [0.25, 0.3) is 5.91 Å². The zero-order chi connectivity index (χ0) is 14.3. The molecule has 6 heteroatoms. The Balaban J connectivity index is 2.11. The molecule has 1 aromatic carbocycles. The van der Waals surface area contributed by atoms with Crippen LogP contribution in [-0.4, -0.2) is 34.9 Å². The molecular formula is C14H14FN3O2. The number of fused-ring (bicyclic) bond motifs is 1. The molecule has 104 valence electrons. The number of nitrogens with one attached hydrogen (secondary N) is 1. The zero-order valence-corrected chi connectivity index (χ0v) is 10.7. The highest BCUT2D eigenvalue weighted by Crippen LogP contribution is 2.20. The largest absolute Gasteiger partial charge is 0.337 e. The van der Waals surface area contributed by atoms with Crippen LogP contribution in [0, 0.1) is 5.82 Å². The van der Waals surface area contributed by atoms with Crippen LogP contribution >= 0.6 is 0 Å². The lowest BCUT2D eigenvalue weighted by molar-refractivity contribution is 0.0792. The van der Waals surface area contributed by atoms with E-state index in [4.69, 9.17) is 5.73 Å². The highest BCUT2D eigenvalue weighted by atomic mass is 19.1. The van der Waals surface area contributed by atoms with Crippen molar-refractivity contribution in [1.29, 1.82) is 0 Å². The molecule has 5 nitrogen and oxygen atoms in total. The van der Waals surface area contributed by atoms with Crippen LogP contribution < -0.4 is 11.3 Å². The molecule has 3 rings (SSSR count). The Morgan fingerprint density at radius 3 is 2.90 bits per heavy atom. The van der Waals surface area contributed by atoms with Crippen molar-refractivity contribution in [3.63, 3.8) is 0 Å². The smallest absolute Gasteiger partial charge is 0.254 e. The van der Waals surface area contributed by atoms with Crippen molar-refractivity contribution >= 4 is 16.8 Å². The number of H-pyrrole nitrogens is 1. The summed E-state index contributed by atoms with van der Waals surface area (Å²) in [5.74, 6) is -0.693. The van der Waals surface area contributed by atoms with Crippen LogP contribution in [0.1, 0.15) is 16.8 Å². The topological polar surface area (TPSA) is 79.2 Å². The maximum atomic E-state index is 13.2. The second kappa shape index (κ2) is 4.72. The molecule has 2 heterocycles. The summed E-state index contributed by atoms with van der Waals surface area (Å²) < 4.78 is 13.2. The molecule has 1 saturated heterocycles. The quantitative estimate of drug-likeness (QED) is 0.809. The van der Waals surface area contributed by atoms with E-state index < -0.39 is 11.4 Å². The first kappa shape index (κ1) is 12.8. The molecule has 3 N–H and O–H groups in total. The molecular weight excluding hydrogens is 261 g/mol. The summed E-state index contributed by atoms with van der Waals surface area (Å²) in [6, 6.07) is 5.22. The number of likely N-dealkylation sites (tertiary alicyclic amines) is 1. The summed E-state index contributed by atoms with van der Waals surface area (Å²) in [6.07, 6.45) is 0.751. The molecule has 0 aliphatic carbocycles. The minimum Gasteiger partial charge on any atom is -0.337 e. The SMILES string of the molecule is N[C@@H]1CCN(C(=O)c2cc(=O)[nH]c3cc(F)ccc23)C1. The molecule has 1 fully saturated rings. The van der Waals surface area contributed by atoms with Gasteiger partial charge < -0.3 is 15.6 Å². The van der Waals surface area contributed by atoms with Crippen molar-refractivity contribution < 1.29 is 9.18 Å². The predicted octanol–water partition coefficient (Wildman–Crippen LogP) is 0.840. The average molecular weight is 275 g/mol. The van der Waals surface area contributed by atoms with Gasteiger partial charge in [-0.1, -0.05) is 0 Å². The minimum absolute atomic E-state index is 0.0235. The Morgan fingerprint density at radius 2 is 2.20 bits per heavy atom. The number of aromatic nitrogens is 1. The molecule has 1 aliphatic heterocycles. The van der Waals surface area contributed by atoms with Crippen LogP contribution in [0.15, 0.2) is 29.1 Å². The first-order valence-electron chi connectivity index (χ1n) is 6.42. The van der Waals surface area contributed by atoms with Gasteiger partial charge in [-0.15, -0.1) is 0 Å². The number of nitrogens with two attached hydrogens (primary N) is 1. The summed E-state index contributed by atoms with van der Waals surface area (Å²) in [6.45, 7) is 1.06. The van der Waals surface area contributed by atoms with Crippen LogP contribution in [0.4, 0.5) is 4.39 Å². The third kappa shape index (κ3) is 2.18. The van der Waals surface area contributed by atoms with Gasteiger partial charge in [-0.3, -0.25) is 9.59 Å². The van der Waals surface area contributed by atoms with E-state index in [2.05, 4.69) is 4.98 Å². The van der Waals surface area contributed by atoms with Crippen LogP contribution in [0.5, 0.6) is 0 Å². The zero-order valence-electron chi connectivity index (χ0n) is 10.7. The lowest BCUT2D eigenvalue weighted by Crippen LogP contribution is -2.32. The molecule has 1 amide bonds. The number of pyridine rings is 1. The number of rotatable bonds is 1. The van der Waals surface area contributed by atoms with Crippen molar-refractivity contribution in [2.45, 2.75) is 12.5 Å². The lowest BCUT2D eigenvalue weighted by atomic mass is 10.1. The number of carbonyl (C=O) groups is 1. The fraction of sp³-hybridized carbons (Fsp3) is 0.286. The first-order chi connectivity index (χ1) is 9.54. The fourth-order valence-electron chi connectivity index (χ4n) is 2.55. The maximum absolute atomic E-state index is 13.2. The molecule has 0 bridgehead atoms. The summed E-state index contributed by atoms with van der Waals surface area (Å²) in [5.41, 5.74) is 5.98. The maximum Gasteiger partial charge on any atom is 0.254 e. The summed E-state index contributed by atoms with van der Waals surface area (Å²) in [5, 5.41) is 0.538. The Bertz CT molecular complexity index is 741. The molecule has 1 aliphatic rings. The van der Waals surface area contributed by atoms with E-state index in [0.29, 0.717) is 24.0 Å². The monoisotopic (exact) mass is 275 g/mol. The second-order valence-electron chi connectivity index (χ2n) is 5.04. The van der Waals surface area contributed by atoms with E-state index in [1.54, 1.807) is 4.90 Å². The Morgan fingerprint density at radius 1 is 1.40 bits per heavy atom. The van der Waals surface area contributed by atoms with Gasteiger partial charge in [0.2, 0.25) is 5.56 Å². The van der Waals surface area contributed by atoms with Crippen molar-refractivity contribution in [2.24, 2.45) is 5.73 Å². The van der Waals surface area contributed by atoms with Gasteiger partial charge in [-0.25, -0.2) is 4.39 Å². The van der Waals surface area contributed by atoms with Gasteiger partial charge in [-0.2, -0.15) is 0 Å². The van der Waals surface area contributed by atoms with E-state index >= 15 is 0 Å². The molecule has 0 radical (unpaired) electrons.